The molecule has 4 heavy (non-hydrogen) atoms. The molecular weight excluding hydrogens is 58.8 g/mol. The molecule has 0 heterocycles. The van der Waals surface area contributed by atoms with Gasteiger partial charge in [-0.05, 0) is 0 Å². The molecule has 0 aliphatic heterocycles. The Labute approximate surface area is 24.1 Å². The Bertz CT molecular complexity index is 5.25. The van der Waals surface area contributed by atoms with Gasteiger partial charge in [-0.25, -0.2) is 0 Å². The van der Waals surface area contributed by atoms with Crippen LogP contribution in [0.3, 0.4) is 0 Å². The van der Waals surface area contributed by atoms with Crippen LogP contribution >= 0.6 is 0 Å². The number of hydrogen-bond acceptors (Lipinski definition) is 3. The van der Waals surface area contributed by atoms with E-state index in [1.165, 1.54) is 0 Å². The van der Waals surface area contributed by atoms with Crippen molar-refractivity contribution in [2.75, 3.05) is 0 Å². The second kappa shape index (κ2) is 2.94. The van der Waals surface area contributed by atoms with E-state index < -0.39 is 7.69 Å². The van der Waals surface area contributed by atoms with Crippen molar-refractivity contribution in [2.45, 2.75) is 0 Å². The number of hydrogen-bond donors (Lipinski definition) is 2. The molecule has 0 aromatic rings. The Morgan fingerprint density at radius 2 is 2.00 bits per heavy atom. The lowest BCUT2D eigenvalue weighted by Gasteiger charge is -1.70. The van der Waals surface area contributed by atoms with Crippen LogP contribution in [-0.4, -0.2) is 18.0 Å². The summed E-state index contributed by atoms with van der Waals surface area (Å²) >= 11 is 0. The maximum Gasteiger partial charge on any atom is 0.470 e. The van der Waals surface area contributed by atoms with Gasteiger partial charge >= 0.3 is 7.69 Å². The van der Waals surface area contributed by atoms with Gasteiger partial charge in [-0.2, -0.15) is 0 Å². The van der Waals surface area contributed by atoms with Crippen molar-refractivity contribution < 1.29 is 15.1 Å². The minimum atomic E-state index is -0.625. The summed E-state index contributed by atoms with van der Waals surface area (Å²) in [7, 11) is -0.625. The molecule has 0 bridgehead atoms. The molecule has 0 aliphatic carbocycles. The van der Waals surface area contributed by atoms with E-state index in [9.17, 15) is 0 Å². The monoisotopic (exact) mass is 62.0 g/mol. The van der Waals surface area contributed by atoms with Crippen LogP contribution in [0.5, 0.6) is 0 Å². The van der Waals surface area contributed by atoms with Gasteiger partial charge in [-0.15, -0.1) is 0 Å². The van der Waals surface area contributed by atoms with Gasteiger partial charge in [-0.1, -0.05) is 0 Å². The van der Waals surface area contributed by atoms with Gasteiger partial charge in [0, 0.05) is 0 Å². The Kier molecular flexibility index (Phi) is 2.90. The maximum atomic E-state index is 7.40. The summed E-state index contributed by atoms with van der Waals surface area (Å²) in [5.41, 5.74) is 0. The van der Waals surface area contributed by atoms with Gasteiger partial charge in [0.05, 0.1) is 0 Å². The van der Waals surface area contributed by atoms with Gasteiger partial charge in [0.1, 0.15) is 0 Å². The van der Waals surface area contributed by atoms with Gasteiger partial charge < -0.3 is 5.02 Å². The lowest BCUT2D eigenvalue weighted by Crippen LogP contribution is -1.87. The molecule has 0 saturated heterocycles. The maximum absolute atomic E-state index is 7.40. The summed E-state index contributed by atoms with van der Waals surface area (Å²) in [6, 6.07) is 0. The highest BCUT2D eigenvalue weighted by Crippen LogP contribution is 1.39. The second-order valence-corrected chi connectivity index (χ2v) is 0.258. The summed E-state index contributed by atoms with van der Waals surface area (Å²) in [6.45, 7) is 0. The zero-order valence-corrected chi connectivity index (χ0v) is 2.01. The first-order valence-electron chi connectivity index (χ1n) is 0.787. The first kappa shape index (κ1) is 3.94. The third-order valence-corrected chi connectivity index (χ3v) is 0.0577. The van der Waals surface area contributed by atoms with Crippen LogP contribution in [0.15, 0.2) is 0 Å². The minimum Gasteiger partial charge on any atom is -0.428 e. The molecule has 0 radical (unpaired) electrons. The van der Waals surface area contributed by atoms with Crippen molar-refractivity contribution in [2.24, 2.45) is 0 Å². The van der Waals surface area contributed by atoms with Crippen molar-refractivity contribution in [1.82, 2.24) is 0 Å². The molecule has 0 unspecified atom stereocenters. The first-order valence-corrected chi connectivity index (χ1v) is 0.787. The largest absolute Gasteiger partial charge is 0.470 e. The van der Waals surface area contributed by atoms with E-state index in [-0.39, 0.29) is 0 Å². The quantitative estimate of drug-likeness (QED) is 0.226. The molecule has 24 valence electrons. The van der Waals surface area contributed by atoms with Crippen molar-refractivity contribution in [3.8, 4) is 0 Å². The standard InChI is InChI=1S/BH3O3/c2-1-4-3/h1-3H. The summed E-state index contributed by atoms with van der Waals surface area (Å²) in [5.74, 6) is 0. The Balaban J connectivity index is 1.97. The minimum absolute atomic E-state index is 0.625. The molecule has 0 amide bonds. The van der Waals surface area contributed by atoms with E-state index in [1.807, 2.05) is 0 Å². The van der Waals surface area contributed by atoms with Crippen LogP contribution in [0.2, 0.25) is 0 Å². The Morgan fingerprint density at radius 3 is 2.00 bits per heavy atom. The molecule has 0 rings (SSSR count). The van der Waals surface area contributed by atoms with E-state index >= 15 is 0 Å². The highest BCUT2D eigenvalue weighted by Gasteiger charge is 1.66. The summed E-state index contributed by atoms with van der Waals surface area (Å²) in [6.07, 6.45) is 0. The average Bonchev–Trinajstić information content (AvgIpc) is 1.37. The molecule has 0 fully saturated rings. The second-order valence-electron chi connectivity index (χ2n) is 0.258. The fourth-order valence-corrected chi connectivity index (χ4v) is 0. The van der Waals surface area contributed by atoms with Crippen LogP contribution in [0, 0.1) is 0 Å². The van der Waals surface area contributed by atoms with Gasteiger partial charge in [0.2, 0.25) is 0 Å². The molecule has 0 aliphatic rings. The normalized spacial score (nSPS) is 6.50. The molecule has 3 nitrogen and oxygen atoms in total. The van der Waals surface area contributed by atoms with E-state index in [1.54, 1.807) is 0 Å². The average molecular weight is 61.8 g/mol. The molecule has 0 spiro atoms. The van der Waals surface area contributed by atoms with E-state index in [2.05, 4.69) is 4.81 Å². The third-order valence-electron chi connectivity index (χ3n) is 0.0577. The van der Waals surface area contributed by atoms with Crippen LogP contribution in [0.1, 0.15) is 0 Å². The van der Waals surface area contributed by atoms with Gasteiger partial charge in [0.15, 0.2) is 0 Å². The Morgan fingerprint density at radius 1 is 1.75 bits per heavy atom. The third kappa shape index (κ3) is 1.94. The summed E-state index contributed by atoms with van der Waals surface area (Å²) < 4.78 is 0. The van der Waals surface area contributed by atoms with Crippen LogP contribution < -0.4 is 0 Å². The van der Waals surface area contributed by atoms with Gasteiger partial charge in [0.25, 0.3) is 0 Å². The molecule has 0 aromatic carbocycles. The van der Waals surface area contributed by atoms with Gasteiger partial charge in [-0.3, -0.25) is 10.1 Å². The Hall–Kier alpha value is -0.0551. The van der Waals surface area contributed by atoms with E-state index in [0.717, 1.165) is 0 Å². The fraction of sp³-hybridized carbons (Fsp3) is 0. The zero-order chi connectivity index (χ0) is 3.41. The smallest absolute Gasteiger partial charge is 0.428 e. The van der Waals surface area contributed by atoms with Crippen LogP contribution in [0.25, 0.3) is 0 Å². The highest BCUT2D eigenvalue weighted by molar-refractivity contribution is 6.15. The summed E-state index contributed by atoms with van der Waals surface area (Å²) in [5, 5.41) is 14.5. The number of rotatable bonds is 1. The topological polar surface area (TPSA) is 49.7 Å². The van der Waals surface area contributed by atoms with Crippen molar-refractivity contribution in [3.63, 3.8) is 0 Å². The summed E-state index contributed by atoms with van der Waals surface area (Å²) in [4.78, 5) is 3.10. The van der Waals surface area contributed by atoms with Crippen molar-refractivity contribution >= 4 is 7.69 Å². The lowest BCUT2D eigenvalue weighted by molar-refractivity contribution is -0.148. The predicted molar refractivity (Wildman–Crippen MR) is 13.1 cm³/mol. The molecule has 0 aromatic heterocycles. The SMILES string of the molecule is OBOO. The molecule has 0 atom stereocenters. The fourth-order valence-electron chi connectivity index (χ4n) is 0. The first-order chi connectivity index (χ1) is 1.91. The molecule has 0 saturated carbocycles. The highest BCUT2D eigenvalue weighted by atomic mass is 17.1. The van der Waals surface area contributed by atoms with Crippen molar-refractivity contribution in [1.29, 1.82) is 0 Å². The van der Waals surface area contributed by atoms with Crippen LogP contribution in [0.4, 0.5) is 0 Å². The zero-order valence-electron chi connectivity index (χ0n) is 2.01. The van der Waals surface area contributed by atoms with Crippen molar-refractivity contribution in [3.05, 3.63) is 0 Å². The van der Waals surface area contributed by atoms with E-state index in [4.69, 9.17) is 10.3 Å². The molecular formula is H3BO3. The molecule has 4 heteroatoms. The van der Waals surface area contributed by atoms with E-state index in [0.29, 0.717) is 0 Å². The molecule has 2 N–H and O–H groups in total. The predicted octanol–water partition coefficient (Wildman–Crippen LogP) is -1.27. The lowest BCUT2D eigenvalue weighted by atomic mass is 10.4. The van der Waals surface area contributed by atoms with Crippen LogP contribution in [-0.2, 0) is 4.81 Å².